The minimum Gasteiger partial charge on any atom is -0.491 e. The van der Waals surface area contributed by atoms with Gasteiger partial charge in [0.1, 0.15) is 5.75 Å². The van der Waals surface area contributed by atoms with Crippen LogP contribution >= 0.6 is 15.9 Å². The Bertz CT molecular complexity index is 489. The van der Waals surface area contributed by atoms with Gasteiger partial charge in [0.2, 0.25) is 0 Å². The monoisotopic (exact) mass is 353 g/mol. The quantitative estimate of drug-likeness (QED) is 0.757. The van der Waals surface area contributed by atoms with Crippen molar-refractivity contribution in [2.75, 3.05) is 7.05 Å². The topological polar surface area (TPSA) is 29.5 Å². The summed E-state index contributed by atoms with van der Waals surface area (Å²) < 4.78 is 5.67. The Morgan fingerprint density at radius 3 is 2.71 bits per heavy atom. The molecule has 0 bridgehead atoms. The molecule has 2 rings (SSSR count). The lowest BCUT2D eigenvalue weighted by molar-refractivity contribution is 0.0704. The third-order valence-corrected chi connectivity index (χ3v) is 4.99. The second kappa shape index (κ2) is 7.30. The summed E-state index contributed by atoms with van der Waals surface area (Å²) in [6.07, 6.45) is 4.75. The molecule has 3 nitrogen and oxygen atoms in total. The van der Waals surface area contributed by atoms with Crippen molar-refractivity contribution in [3.05, 3.63) is 29.8 Å². The molecule has 116 valence electrons. The zero-order chi connectivity index (χ0) is 15.4. The van der Waals surface area contributed by atoms with Crippen molar-refractivity contribution in [1.82, 2.24) is 4.90 Å². The first-order valence-electron chi connectivity index (χ1n) is 7.67. The number of rotatable bonds is 4. The van der Waals surface area contributed by atoms with Gasteiger partial charge in [-0.05, 0) is 44.9 Å². The molecule has 4 heteroatoms. The Labute approximate surface area is 135 Å². The Kier molecular flexibility index (Phi) is 5.68. The van der Waals surface area contributed by atoms with Crippen LogP contribution in [-0.2, 0) is 0 Å². The van der Waals surface area contributed by atoms with E-state index in [1.54, 1.807) is 0 Å². The predicted molar refractivity (Wildman–Crippen MR) is 89.3 cm³/mol. The van der Waals surface area contributed by atoms with Gasteiger partial charge in [0.25, 0.3) is 5.91 Å². The lowest BCUT2D eigenvalue weighted by Crippen LogP contribution is -2.44. The molecule has 2 unspecified atom stereocenters. The molecule has 0 N–H and O–H groups in total. The van der Waals surface area contributed by atoms with Crippen LogP contribution in [0, 0.1) is 0 Å². The van der Waals surface area contributed by atoms with Gasteiger partial charge in [-0.1, -0.05) is 34.8 Å². The summed E-state index contributed by atoms with van der Waals surface area (Å²) in [5.74, 6) is 0.823. The fourth-order valence-electron chi connectivity index (χ4n) is 2.83. The Hall–Kier alpha value is -1.03. The third-order valence-electron chi connectivity index (χ3n) is 3.92. The molecular weight excluding hydrogens is 330 g/mol. The van der Waals surface area contributed by atoms with Crippen molar-refractivity contribution in [3.8, 4) is 5.75 Å². The molecule has 1 amide bonds. The van der Waals surface area contributed by atoms with Gasteiger partial charge in [0.05, 0.1) is 6.10 Å². The summed E-state index contributed by atoms with van der Waals surface area (Å²) in [6.45, 7) is 3.97. The first kappa shape index (κ1) is 16.3. The second-order valence-electron chi connectivity index (χ2n) is 5.98. The summed E-state index contributed by atoms with van der Waals surface area (Å²) in [4.78, 5) is 15.0. The Balaban J connectivity index is 2.11. The average molecular weight is 354 g/mol. The van der Waals surface area contributed by atoms with Crippen molar-refractivity contribution in [1.29, 1.82) is 0 Å². The Morgan fingerprint density at radius 1 is 1.33 bits per heavy atom. The first-order chi connectivity index (χ1) is 9.99. The van der Waals surface area contributed by atoms with E-state index < -0.39 is 0 Å². The number of halogens is 1. The highest BCUT2D eigenvalue weighted by Gasteiger charge is 2.29. The van der Waals surface area contributed by atoms with Crippen molar-refractivity contribution in [2.45, 2.75) is 56.5 Å². The van der Waals surface area contributed by atoms with E-state index in [0.717, 1.165) is 18.6 Å². The zero-order valence-electron chi connectivity index (χ0n) is 13.0. The zero-order valence-corrected chi connectivity index (χ0v) is 14.6. The molecule has 0 spiro atoms. The van der Waals surface area contributed by atoms with E-state index in [-0.39, 0.29) is 18.1 Å². The molecule has 1 aromatic carbocycles. The maximum absolute atomic E-state index is 12.7. The fourth-order valence-corrected chi connectivity index (χ4v) is 3.77. The number of nitrogens with zero attached hydrogens (tertiary/aromatic N) is 1. The van der Waals surface area contributed by atoms with Gasteiger partial charge < -0.3 is 9.64 Å². The van der Waals surface area contributed by atoms with Crippen LogP contribution in [0.4, 0.5) is 0 Å². The summed E-state index contributed by atoms with van der Waals surface area (Å²) in [5, 5.41) is 0. The first-order valence-corrected chi connectivity index (χ1v) is 8.58. The van der Waals surface area contributed by atoms with E-state index in [1.165, 1.54) is 12.8 Å². The third kappa shape index (κ3) is 4.22. The SMILES string of the molecule is CC(C)Oc1cccc(C(=O)N(C)C2CCCCC2Br)c1. The largest absolute Gasteiger partial charge is 0.491 e. The number of carbonyl (C=O) groups is 1. The minimum absolute atomic E-state index is 0.0700. The normalized spacial score (nSPS) is 22.1. The lowest BCUT2D eigenvalue weighted by Gasteiger charge is -2.35. The van der Waals surface area contributed by atoms with E-state index >= 15 is 0 Å². The predicted octanol–water partition coefficient (Wildman–Crippen LogP) is 4.25. The van der Waals surface area contributed by atoms with E-state index in [9.17, 15) is 4.79 Å². The van der Waals surface area contributed by atoms with Gasteiger partial charge in [0.15, 0.2) is 0 Å². The van der Waals surface area contributed by atoms with Crippen molar-refractivity contribution in [2.24, 2.45) is 0 Å². The average Bonchev–Trinajstić information content (AvgIpc) is 2.46. The molecule has 1 fully saturated rings. The minimum atomic E-state index is 0.0700. The van der Waals surface area contributed by atoms with E-state index in [2.05, 4.69) is 15.9 Å². The molecule has 1 aliphatic rings. The van der Waals surface area contributed by atoms with Crippen LogP contribution in [0.2, 0.25) is 0 Å². The standard InChI is InChI=1S/C17H24BrNO2/c1-12(2)21-14-8-6-7-13(11-14)17(20)19(3)16-10-5-4-9-15(16)18/h6-8,11-12,15-16H,4-5,9-10H2,1-3H3. The number of carbonyl (C=O) groups excluding carboxylic acids is 1. The van der Waals surface area contributed by atoms with Gasteiger partial charge in [-0.2, -0.15) is 0 Å². The number of hydrogen-bond donors (Lipinski definition) is 0. The number of hydrogen-bond acceptors (Lipinski definition) is 2. The van der Waals surface area contributed by atoms with Gasteiger partial charge in [-0.3, -0.25) is 4.79 Å². The van der Waals surface area contributed by atoms with Crippen LogP contribution < -0.4 is 4.74 Å². The van der Waals surface area contributed by atoms with E-state index in [1.807, 2.05) is 50.1 Å². The summed E-state index contributed by atoms with van der Waals surface area (Å²) in [7, 11) is 1.91. The van der Waals surface area contributed by atoms with Crippen LogP contribution in [-0.4, -0.2) is 34.8 Å². The molecule has 1 aromatic rings. The van der Waals surface area contributed by atoms with Crippen LogP contribution in [0.25, 0.3) is 0 Å². The van der Waals surface area contributed by atoms with E-state index in [0.29, 0.717) is 10.4 Å². The molecule has 2 atom stereocenters. The number of alkyl halides is 1. The molecule has 21 heavy (non-hydrogen) atoms. The molecule has 0 aromatic heterocycles. The van der Waals surface area contributed by atoms with Gasteiger partial charge in [0, 0.05) is 23.5 Å². The number of ether oxygens (including phenoxy) is 1. The lowest BCUT2D eigenvalue weighted by atomic mass is 9.94. The van der Waals surface area contributed by atoms with Gasteiger partial charge in [-0.15, -0.1) is 0 Å². The van der Waals surface area contributed by atoms with Crippen LogP contribution in [0.1, 0.15) is 49.9 Å². The molecule has 1 aliphatic carbocycles. The van der Waals surface area contributed by atoms with Crippen LogP contribution in [0.5, 0.6) is 5.75 Å². The molecule has 0 saturated heterocycles. The highest BCUT2D eigenvalue weighted by atomic mass is 79.9. The molecule has 0 heterocycles. The number of benzene rings is 1. The highest BCUT2D eigenvalue weighted by molar-refractivity contribution is 9.09. The van der Waals surface area contributed by atoms with Crippen molar-refractivity contribution < 1.29 is 9.53 Å². The summed E-state index contributed by atoms with van der Waals surface area (Å²) >= 11 is 3.72. The highest BCUT2D eigenvalue weighted by Crippen LogP contribution is 2.29. The van der Waals surface area contributed by atoms with Crippen LogP contribution in [0.15, 0.2) is 24.3 Å². The summed E-state index contributed by atoms with van der Waals surface area (Å²) in [5.41, 5.74) is 0.695. The van der Waals surface area contributed by atoms with Crippen molar-refractivity contribution in [3.63, 3.8) is 0 Å². The Morgan fingerprint density at radius 2 is 2.05 bits per heavy atom. The summed E-state index contributed by atoms with van der Waals surface area (Å²) in [6, 6.07) is 7.75. The second-order valence-corrected chi connectivity index (χ2v) is 7.15. The number of amides is 1. The molecule has 1 saturated carbocycles. The van der Waals surface area contributed by atoms with Crippen molar-refractivity contribution >= 4 is 21.8 Å². The smallest absolute Gasteiger partial charge is 0.254 e. The van der Waals surface area contributed by atoms with Crippen LogP contribution in [0.3, 0.4) is 0 Å². The maximum Gasteiger partial charge on any atom is 0.254 e. The molecule has 0 radical (unpaired) electrons. The van der Waals surface area contributed by atoms with E-state index in [4.69, 9.17) is 4.74 Å². The fraction of sp³-hybridized carbons (Fsp3) is 0.588. The maximum atomic E-state index is 12.7. The van der Waals surface area contributed by atoms with Gasteiger partial charge in [-0.25, -0.2) is 0 Å². The molecular formula is C17H24BrNO2. The molecule has 0 aliphatic heterocycles. The van der Waals surface area contributed by atoms with Gasteiger partial charge >= 0.3 is 0 Å².